The SMILES string of the molecule is C=CC=C(C=CC)CN(C(=O)O)C(CC(=O)O)C(=O)CON1CCC(C)C1=O. The summed E-state index contributed by atoms with van der Waals surface area (Å²) >= 11 is 0. The number of hydrogen-bond acceptors (Lipinski definition) is 5. The Kier molecular flexibility index (Phi) is 9.10. The third kappa shape index (κ3) is 6.66. The second-order valence-corrected chi connectivity index (χ2v) is 6.37. The summed E-state index contributed by atoms with van der Waals surface area (Å²) in [6.07, 6.45) is 4.80. The lowest BCUT2D eigenvalue weighted by atomic mass is 10.1. The molecule has 0 aliphatic carbocycles. The molecule has 0 aromatic carbocycles. The van der Waals surface area contributed by atoms with Crippen LogP contribution in [0.1, 0.15) is 26.7 Å². The first kappa shape index (κ1) is 23.1. The Morgan fingerprint density at radius 2 is 2.07 bits per heavy atom. The minimum Gasteiger partial charge on any atom is -0.481 e. The summed E-state index contributed by atoms with van der Waals surface area (Å²) in [5, 5.41) is 19.7. The average Bonchev–Trinajstić information content (AvgIpc) is 2.94. The van der Waals surface area contributed by atoms with Gasteiger partial charge in [0.25, 0.3) is 0 Å². The molecule has 0 spiro atoms. The third-order valence-corrected chi connectivity index (χ3v) is 4.22. The van der Waals surface area contributed by atoms with Gasteiger partial charge in [0.2, 0.25) is 5.91 Å². The maximum absolute atomic E-state index is 12.6. The number of amides is 2. The highest BCUT2D eigenvalue weighted by molar-refractivity contribution is 5.91. The quantitative estimate of drug-likeness (QED) is 0.513. The molecule has 1 fully saturated rings. The van der Waals surface area contributed by atoms with Gasteiger partial charge in [-0.05, 0) is 18.9 Å². The summed E-state index contributed by atoms with van der Waals surface area (Å²) in [6, 6.07) is -1.46. The van der Waals surface area contributed by atoms with Crippen molar-refractivity contribution < 1.29 is 34.2 Å². The molecule has 2 amide bonds. The van der Waals surface area contributed by atoms with Crippen LogP contribution in [0.25, 0.3) is 0 Å². The van der Waals surface area contributed by atoms with Crippen LogP contribution in [0.15, 0.2) is 36.5 Å². The minimum atomic E-state index is -1.46. The fourth-order valence-electron chi connectivity index (χ4n) is 2.75. The average molecular weight is 394 g/mol. The van der Waals surface area contributed by atoms with Gasteiger partial charge >= 0.3 is 12.1 Å². The monoisotopic (exact) mass is 394 g/mol. The van der Waals surface area contributed by atoms with E-state index in [2.05, 4.69) is 6.58 Å². The van der Waals surface area contributed by atoms with Gasteiger partial charge in [0.1, 0.15) is 12.6 Å². The molecule has 1 aliphatic rings. The number of allylic oxidation sites excluding steroid dienone is 3. The Bertz CT molecular complexity index is 684. The first-order chi connectivity index (χ1) is 13.2. The maximum Gasteiger partial charge on any atom is 0.408 e. The molecule has 0 aromatic heterocycles. The highest BCUT2D eigenvalue weighted by Gasteiger charge is 2.34. The molecular formula is C19H26N2O7. The zero-order chi connectivity index (χ0) is 21.3. The Morgan fingerprint density at radius 3 is 2.54 bits per heavy atom. The molecule has 0 bridgehead atoms. The number of carboxylic acid groups (broad SMARTS) is 2. The Balaban J connectivity index is 2.97. The summed E-state index contributed by atoms with van der Waals surface area (Å²) in [7, 11) is 0. The van der Waals surface area contributed by atoms with Gasteiger partial charge in [0.15, 0.2) is 5.78 Å². The van der Waals surface area contributed by atoms with Crippen molar-refractivity contribution in [2.24, 2.45) is 5.92 Å². The first-order valence-electron chi connectivity index (χ1n) is 8.83. The van der Waals surface area contributed by atoms with E-state index in [1.807, 2.05) is 0 Å². The maximum atomic E-state index is 12.6. The number of aliphatic carboxylic acids is 1. The molecule has 1 heterocycles. The van der Waals surface area contributed by atoms with Crippen LogP contribution in [-0.4, -0.2) is 69.7 Å². The Hall–Kier alpha value is -2.94. The second-order valence-electron chi connectivity index (χ2n) is 6.37. The number of Topliss-reactive ketones (excluding diaryl/α,β-unsaturated/α-hetero) is 1. The molecule has 2 unspecified atom stereocenters. The summed E-state index contributed by atoms with van der Waals surface area (Å²) in [5.41, 5.74) is 0.535. The predicted octanol–water partition coefficient (Wildman–Crippen LogP) is 1.87. The molecule has 0 radical (unpaired) electrons. The van der Waals surface area contributed by atoms with Crippen LogP contribution < -0.4 is 0 Å². The fraction of sp³-hybridized carbons (Fsp3) is 0.474. The smallest absolute Gasteiger partial charge is 0.408 e. The molecule has 2 N–H and O–H groups in total. The summed E-state index contributed by atoms with van der Waals surface area (Å²) in [6.45, 7) is 6.57. The molecule has 2 atom stereocenters. The van der Waals surface area contributed by atoms with Gasteiger partial charge in [-0.3, -0.25) is 24.1 Å². The van der Waals surface area contributed by atoms with Gasteiger partial charge in [-0.15, -0.1) is 0 Å². The van der Waals surface area contributed by atoms with E-state index in [0.29, 0.717) is 18.5 Å². The van der Waals surface area contributed by atoms with Crippen molar-refractivity contribution in [3.05, 3.63) is 36.5 Å². The van der Waals surface area contributed by atoms with Gasteiger partial charge in [-0.2, -0.15) is 0 Å². The molecule has 154 valence electrons. The Labute approximate surface area is 163 Å². The van der Waals surface area contributed by atoms with Crippen LogP contribution in [0, 0.1) is 5.92 Å². The van der Waals surface area contributed by atoms with Crippen molar-refractivity contribution in [1.29, 1.82) is 0 Å². The van der Waals surface area contributed by atoms with Crippen LogP contribution in [0.4, 0.5) is 4.79 Å². The lowest BCUT2D eigenvalue weighted by molar-refractivity contribution is -0.182. The molecule has 9 heteroatoms. The number of carbonyl (C=O) groups is 4. The van der Waals surface area contributed by atoms with Crippen LogP contribution in [0.5, 0.6) is 0 Å². The minimum absolute atomic E-state index is 0.199. The van der Waals surface area contributed by atoms with Crippen molar-refractivity contribution in [3.8, 4) is 0 Å². The number of hydroxylamine groups is 2. The molecule has 1 rings (SSSR count). The summed E-state index contributed by atoms with van der Waals surface area (Å²) < 4.78 is 0. The highest BCUT2D eigenvalue weighted by Crippen LogP contribution is 2.18. The largest absolute Gasteiger partial charge is 0.481 e. The van der Waals surface area contributed by atoms with Crippen LogP contribution in [0.2, 0.25) is 0 Å². The van der Waals surface area contributed by atoms with Crippen molar-refractivity contribution in [1.82, 2.24) is 9.96 Å². The van der Waals surface area contributed by atoms with E-state index < -0.39 is 36.9 Å². The van der Waals surface area contributed by atoms with Crippen LogP contribution >= 0.6 is 0 Å². The number of carbonyl (C=O) groups excluding carboxylic acids is 2. The van der Waals surface area contributed by atoms with E-state index in [1.54, 1.807) is 32.1 Å². The molecular weight excluding hydrogens is 368 g/mol. The van der Waals surface area contributed by atoms with E-state index in [0.717, 1.165) is 9.96 Å². The van der Waals surface area contributed by atoms with Crippen LogP contribution in [-0.2, 0) is 19.2 Å². The van der Waals surface area contributed by atoms with Gasteiger partial charge in [0, 0.05) is 19.0 Å². The van der Waals surface area contributed by atoms with E-state index in [1.165, 1.54) is 6.08 Å². The number of rotatable bonds is 11. The molecule has 0 saturated carbocycles. The van der Waals surface area contributed by atoms with Gasteiger partial charge in [-0.25, -0.2) is 9.86 Å². The second kappa shape index (κ2) is 11.0. The first-order valence-corrected chi connectivity index (χ1v) is 8.83. The standard InChI is InChI=1S/C19H26N2O7/c1-4-6-14(7-5-2)11-20(19(26)27)15(10-17(23)24)16(22)12-28-21-9-8-13(3)18(21)25/h4-7,13,15H,1,8-12H2,2-3H3,(H,23,24)(H,26,27). The molecule has 0 aromatic rings. The number of carboxylic acids is 1. The van der Waals surface area contributed by atoms with Gasteiger partial charge in [-0.1, -0.05) is 37.8 Å². The molecule has 1 saturated heterocycles. The zero-order valence-corrected chi connectivity index (χ0v) is 16.0. The fourth-order valence-corrected chi connectivity index (χ4v) is 2.75. The lowest BCUT2D eigenvalue weighted by Crippen LogP contribution is -2.48. The molecule has 28 heavy (non-hydrogen) atoms. The van der Waals surface area contributed by atoms with E-state index >= 15 is 0 Å². The number of ketones is 1. The third-order valence-electron chi connectivity index (χ3n) is 4.22. The highest BCUT2D eigenvalue weighted by atomic mass is 16.7. The normalized spacial score (nSPS) is 18.4. The molecule has 1 aliphatic heterocycles. The van der Waals surface area contributed by atoms with Gasteiger partial charge in [0.05, 0.1) is 6.42 Å². The van der Waals surface area contributed by atoms with Gasteiger partial charge < -0.3 is 10.2 Å². The predicted molar refractivity (Wildman–Crippen MR) is 100 cm³/mol. The van der Waals surface area contributed by atoms with Crippen LogP contribution in [0.3, 0.4) is 0 Å². The van der Waals surface area contributed by atoms with Crippen molar-refractivity contribution >= 4 is 23.8 Å². The topological polar surface area (TPSA) is 124 Å². The van der Waals surface area contributed by atoms with Crippen molar-refractivity contribution in [2.45, 2.75) is 32.7 Å². The van der Waals surface area contributed by atoms with E-state index in [-0.39, 0.29) is 18.4 Å². The molecule has 9 nitrogen and oxygen atoms in total. The van der Waals surface area contributed by atoms with Crippen molar-refractivity contribution in [2.75, 3.05) is 19.7 Å². The van der Waals surface area contributed by atoms with E-state index in [4.69, 9.17) is 9.94 Å². The summed E-state index contributed by atoms with van der Waals surface area (Å²) in [4.78, 5) is 53.3. The van der Waals surface area contributed by atoms with E-state index in [9.17, 15) is 24.3 Å². The number of nitrogens with zero attached hydrogens (tertiary/aromatic N) is 2. The van der Waals surface area contributed by atoms with Crippen molar-refractivity contribution in [3.63, 3.8) is 0 Å². The number of hydrogen-bond donors (Lipinski definition) is 2. The zero-order valence-electron chi connectivity index (χ0n) is 16.0. The lowest BCUT2D eigenvalue weighted by Gasteiger charge is -2.28. The summed E-state index contributed by atoms with van der Waals surface area (Å²) in [5.74, 6) is -2.54. The Morgan fingerprint density at radius 1 is 1.39 bits per heavy atom.